The first-order valence-electron chi connectivity index (χ1n) is 5.47. The lowest BCUT2D eigenvalue weighted by atomic mass is 10.1. The first kappa shape index (κ1) is 13.9. The molecule has 0 aliphatic rings. The molecule has 0 bridgehead atoms. The molecule has 1 unspecified atom stereocenters. The number of hydrogen-bond acceptors (Lipinski definition) is 2. The van der Waals surface area contributed by atoms with Crippen LogP contribution in [0.25, 0.3) is 0 Å². The summed E-state index contributed by atoms with van der Waals surface area (Å²) >= 11 is -1.80. The average Bonchev–Trinajstić information content (AvgIpc) is 2.28. The van der Waals surface area contributed by atoms with Crippen LogP contribution < -0.4 is 5.32 Å². The van der Waals surface area contributed by atoms with Crippen LogP contribution in [0.4, 0.5) is 0 Å². The quantitative estimate of drug-likeness (QED) is 0.759. The molecule has 0 radical (unpaired) electrons. The van der Waals surface area contributed by atoms with Crippen LogP contribution in [0.1, 0.15) is 24.0 Å². The van der Waals surface area contributed by atoms with Gasteiger partial charge in [0.05, 0.1) is 0 Å². The molecule has 1 rings (SSSR count). The zero-order chi connectivity index (χ0) is 12.7. The van der Waals surface area contributed by atoms with E-state index in [9.17, 15) is 9.00 Å². The Morgan fingerprint density at radius 2 is 2.00 bits per heavy atom. The van der Waals surface area contributed by atoms with Gasteiger partial charge < -0.3 is 9.87 Å². The summed E-state index contributed by atoms with van der Waals surface area (Å²) < 4.78 is 18.9. The molecule has 0 aliphatic heterocycles. The zero-order valence-corrected chi connectivity index (χ0v) is 10.6. The number of amides is 1. The summed E-state index contributed by atoms with van der Waals surface area (Å²) in [6.45, 7) is 2.51. The van der Waals surface area contributed by atoms with Gasteiger partial charge in [-0.3, -0.25) is 4.79 Å². The number of carbonyl (C=O) groups is 1. The minimum absolute atomic E-state index is 0.0870. The molecular formula is C12H17NO3S. The Morgan fingerprint density at radius 1 is 1.35 bits per heavy atom. The van der Waals surface area contributed by atoms with E-state index in [1.165, 1.54) is 5.56 Å². The molecule has 0 heterocycles. The van der Waals surface area contributed by atoms with E-state index >= 15 is 0 Å². The number of benzene rings is 1. The van der Waals surface area contributed by atoms with Crippen molar-refractivity contribution in [3.05, 3.63) is 35.4 Å². The van der Waals surface area contributed by atoms with Gasteiger partial charge in [0.2, 0.25) is 5.91 Å². The van der Waals surface area contributed by atoms with Gasteiger partial charge in [0.25, 0.3) is 0 Å². The third-order valence-corrected chi connectivity index (χ3v) is 2.97. The Labute approximate surface area is 104 Å². The third-order valence-electron chi connectivity index (χ3n) is 2.33. The zero-order valence-electron chi connectivity index (χ0n) is 9.81. The summed E-state index contributed by atoms with van der Waals surface area (Å²) in [7, 11) is 0. The maximum atomic E-state index is 11.4. The predicted octanol–water partition coefficient (Wildman–Crippen LogP) is 1.61. The number of rotatable bonds is 6. The Bertz CT molecular complexity index is 389. The van der Waals surface area contributed by atoms with Crippen LogP contribution in [0, 0.1) is 6.92 Å². The minimum Gasteiger partial charge on any atom is -0.352 e. The molecule has 5 heteroatoms. The van der Waals surface area contributed by atoms with E-state index in [2.05, 4.69) is 5.32 Å². The van der Waals surface area contributed by atoms with Crippen LogP contribution in [0.3, 0.4) is 0 Å². The van der Waals surface area contributed by atoms with Gasteiger partial charge in [-0.1, -0.05) is 29.8 Å². The van der Waals surface area contributed by atoms with Crippen molar-refractivity contribution in [2.45, 2.75) is 26.3 Å². The van der Waals surface area contributed by atoms with Crippen LogP contribution in [0.2, 0.25) is 0 Å². The number of nitrogens with one attached hydrogen (secondary N) is 1. The number of aryl methyl sites for hydroxylation is 1. The molecule has 1 atom stereocenters. The van der Waals surface area contributed by atoms with Crippen LogP contribution in [-0.4, -0.2) is 20.4 Å². The van der Waals surface area contributed by atoms with E-state index in [0.717, 1.165) is 5.56 Å². The van der Waals surface area contributed by atoms with Crippen molar-refractivity contribution in [3.63, 3.8) is 0 Å². The predicted molar refractivity (Wildman–Crippen MR) is 67.9 cm³/mol. The molecule has 0 aliphatic carbocycles. The van der Waals surface area contributed by atoms with E-state index in [1.54, 1.807) is 0 Å². The fraction of sp³-hybridized carbons (Fsp3) is 0.417. The van der Waals surface area contributed by atoms with Crippen LogP contribution in [0.15, 0.2) is 24.3 Å². The Balaban J connectivity index is 2.23. The third kappa shape index (κ3) is 6.19. The number of hydrogen-bond donors (Lipinski definition) is 2. The molecule has 0 aromatic heterocycles. The topological polar surface area (TPSA) is 66.4 Å². The van der Waals surface area contributed by atoms with Gasteiger partial charge in [-0.05, 0) is 18.9 Å². The standard InChI is InChI=1S/C12H17NO3S/c1-10-4-6-11(7-5-10)9-13-12(14)3-2-8-17(15)16/h4-7H,2-3,8-9H2,1H3,(H,13,14)(H,15,16). The molecule has 17 heavy (non-hydrogen) atoms. The lowest BCUT2D eigenvalue weighted by Crippen LogP contribution is -2.22. The van der Waals surface area contributed by atoms with Crippen molar-refractivity contribution in [2.75, 3.05) is 5.75 Å². The SMILES string of the molecule is Cc1ccc(CNC(=O)CCCS(=O)O)cc1. The molecule has 0 saturated carbocycles. The van der Waals surface area contributed by atoms with Crippen LogP contribution >= 0.6 is 0 Å². The minimum atomic E-state index is -1.80. The Morgan fingerprint density at radius 3 is 2.59 bits per heavy atom. The number of carbonyl (C=O) groups excluding carboxylic acids is 1. The van der Waals surface area contributed by atoms with Gasteiger partial charge >= 0.3 is 0 Å². The fourth-order valence-corrected chi connectivity index (χ4v) is 1.74. The Hall–Kier alpha value is -1.20. The summed E-state index contributed by atoms with van der Waals surface area (Å²) in [5.41, 5.74) is 2.24. The normalized spacial score (nSPS) is 12.1. The maximum Gasteiger partial charge on any atom is 0.220 e. The average molecular weight is 255 g/mol. The monoisotopic (exact) mass is 255 g/mol. The molecule has 2 N–H and O–H groups in total. The van der Waals surface area contributed by atoms with Crippen molar-refractivity contribution in [1.82, 2.24) is 5.32 Å². The lowest BCUT2D eigenvalue weighted by molar-refractivity contribution is -0.121. The highest BCUT2D eigenvalue weighted by atomic mass is 32.2. The first-order chi connectivity index (χ1) is 8.08. The highest BCUT2D eigenvalue weighted by Gasteiger charge is 2.02. The van der Waals surface area contributed by atoms with Gasteiger partial charge in [0.1, 0.15) is 0 Å². The summed E-state index contributed by atoms with van der Waals surface area (Å²) in [4.78, 5) is 11.4. The van der Waals surface area contributed by atoms with Crippen LogP contribution in [-0.2, 0) is 22.4 Å². The van der Waals surface area contributed by atoms with E-state index in [0.29, 0.717) is 13.0 Å². The second kappa shape index (κ2) is 7.19. The van der Waals surface area contributed by atoms with Crippen LogP contribution in [0.5, 0.6) is 0 Å². The van der Waals surface area contributed by atoms with Crippen molar-refractivity contribution in [3.8, 4) is 0 Å². The van der Waals surface area contributed by atoms with Gasteiger partial charge in [-0.15, -0.1) is 0 Å². The molecule has 0 saturated heterocycles. The van der Waals surface area contributed by atoms with Gasteiger partial charge in [-0.2, -0.15) is 0 Å². The summed E-state index contributed by atoms with van der Waals surface area (Å²) in [5, 5.41) is 2.77. The molecular weight excluding hydrogens is 238 g/mol. The Kier molecular flexibility index (Phi) is 5.86. The fourth-order valence-electron chi connectivity index (χ4n) is 1.35. The summed E-state index contributed by atoms with van der Waals surface area (Å²) in [5.74, 6) is 0.0637. The van der Waals surface area contributed by atoms with E-state index in [4.69, 9.17) is 4.55 Å². The molecule has 0 spiro atoms. The second-order valence-corrected chi connectivity index (χ2v) is 4.94. The molecule has 0 fully saturated rings. The molecule has 1 aromatic carbocycles. The highest BCUT2D eigenvalue weighted by Crippen LogP contribution is 2.02. The van der Waals surface area contributed by atoms with Crippen molar-refractivity contribution in [1.29, 1.82) is 0 Å². The van der Waals surface area contributed by atoms with E-state index in [1.807, 2.05) is 31.2 Å². The smallest absolute Gasteiger partial charge is 0.220 e. The largest absolute Gasteiger partial charge is 0.352 e. The molecule has 4 nitrogen and oxygen atoms in total. The van der Waals surface area contributed by atoms with Gasteiger partial charge in [-0.25, -0.2) is 4.21 Å². The van der Waals surface area contributed by atoms with E-state index in [-0.39, 0.29) is 18.1 Å². The van der Waals surface area contributed by atoms with Crippen molar-refractivity contribution >= 4 is 17.0 Å². The van der Waals surface area contributed by atoms with Crippen molar-refractivity contribution < 1.29 is 13.6 Å². The first-order valence-corrected chi connectivity index (χ1v) is 6.75. The molecule has 1 aromatic rings. The molecule has 94 valence electrons. The van der Waals surface area contributed by atoms with Gasteiger partial charge in [0, 0.05) is 18.7 Å². The molecule has 1 amide bonds. The second-order valence-electron chi connectivity index (χ2n) is 3.89. The maximum absolute atomic E-state index is 11.4. The highest BCUT2D eigenvalue weighted by molar-refractivity contribution is 7.79. The van der Waals surface area contributed by atoms with Gasteiger partial charge in [0.15, 0.2) is 11.1 Å². The summed E-state index contributed by atoms with van der Waals surface area (Å²) in [6, 6.07) is 7.93. The van der Waals surface area contributed by atoms with Crippen molar-refractivity contribution in [2.24, 2.45) is 0 Å². The summed E-state index contributed by atoms with van der Waals surface area (Å²) in [6.07, 6.45) is 0.723. The van der Waals surface area contributed by atoms with E-state index < -0.39 is 11.1 Å². The lowest BCUT2D eigenvalue weighted by Gasteiger charge is -2.05.